The molecule has 17 heavy (non-hydrogen) atoms. The number of hydrogen-bond donors (Lipinski definition) is 7. The van der Waals surface area contributed by atoms with Crippen molar-refractivity contribution < 1.29 is 29.5 Å². The van der Waals surface area contributed by atoms with Crippen molar-refractivity contribution in [2.45, 2.75) is 13.8 Å². The molecule has 0 atom stereocenters. The molecule has 0 aliphatic heterocycles. The maximum atomic E-state index is 8.88. The highest BCUT2D eigenvalue weighted by molar-refractivity contribution is 7.45. The van der Waals surface area contributed by atoms with E-state index in [1.165, 1.54) is 0 Å². The Kier molecular flexibility index (Phi) is 23.9. The lowest BCUT2D eigenvalue weighted by atomic mass is 10.6. The summed E-state index contributed by atoms with van der Waals surface area (Å²) in [7, 11) is -4.64. The Hall–Kier alpha value is -0.0500. The van der Waals surface area contributed by atoms with Gasteiger partial charge in [0.1, 0.15) is 0 Å². The van der Waals surface area contributed by atoms with Crippen LogP contribution in [0.25, 0.3) is 0 Å². The predicted molar refractivity (Wildman–Crippen MR) is 65.5 cm³/mol. The van der Waals surface area contributed by atoms with Crippen LogP contribution in [0.2, 0.25) is 0 Å². The van der Waals surface area contributed by atoms with E-state index in [-0.39, 0.29) is 13.2 Å². The number of phosphoric acid groups is 1. The molecule has 0 aromatic rings. The number of aliphatic hydroxyl groups excluding tert-OH is 2. The number of aliphatic hydroxyl groups is 2. The van der Waals surface area contributed by atoms with Gasteiger partial charge in [0.05, 0.1) is 13.2 Å². The molecule has 108 valence electrons. The summed E-state index contributed by atoms with van der Waals surface area (Å²) >= 11 is 0. The van der Waals surface area contributed by atoms with E-state index in [0.29, 0.717) is 0 Å². The third-order valence-electron chi connectivity index (χ3n) is 1.08. The van der Waals surface area contributed by atoms with Crippen molar-refractivity contribution in [2.24, 2.45) is 0 Å². The monoisotopic (exact) mass is 276 g/mol. The first kappa shape index (κ1) is 22.2. The lowest BCUT2D eigenvalue weighted by Crippen LogP contribution is -2.16. The van der Waals surface area contributed by atoms with Gasteiger partial charge >= 0.3 is 7.82 Å². The molecule has 0 saturated heterocycles. The normalized spacial score (nSPS) is 9.82. The molecule has 0 aliphatic rings. The summed E-state index contributed by atoms with van der Waals surface area (Å²) in [5, 5.41) is 22.2. The number of rotatable bonds is 6. The Morgan fingerprint density at radius 1 is 0.882 bits per heavy atom. The predicted octanol–water partition coefficient (Wildman–Crippen LogP) is -1.75. The number of hydrogen-bond acceptors (Lipinski definition) is 5. The highest BCUT2D eigenvalue weighted by Gasteiger charge is 2.00. The molecule has 0 radical (unpaired) electrons. The van der Waals surface area contributed by atoms with E-state index >= 15 is 0 Å². The molecular formula is C8H25N2O6P. The maximum Gasteiger partial charge on any atom is 0.466 e. The number of nitrogens with one attached hydrogen (secondary N) is 2. The molecule has 0 bridgehead atoms. The highest BCUT2D eigenvalue weighted by Crippen LogP contribution is 2.25. The molecule has 0 amide bonds. The Morgan fingerprint density at radius 3 is 1.18 bits per heavy atom. The molecule has 0 rings (SSSR count). The van der Waals surface area contributed by atoms with Crippen LogP contribution >= 0.6 is 7.82 Å². The standard InChI is InChI=1S/2C4H11NO.H3O4P/c2*1-2-5-3-4-6;1-5(2,3)4/h2*5-6H,2-4H2,1H3;(H3,1,2,3,4). The second-order valence-corrected chi connectivity index (χ2v) is 3.69. The summed E-state index contributed by atoms with van der Waals surface area (Å²) in [5.41, 5.74) is 0. The van der Waals surface area contributed by atoms with Crippen LogP contribution in [0.3, 0.4) is 0 Å². The molecule has 0 heterocycles. The van der Waals surface area contributed by atoms with Crippen molar-refractivity contribution in [1.29, 1.82) is 0 Å². The third kappa shape index (κ3) is 87.7. The van der Waals surface area contributed by atoms with Gasteiger partial charge in [0, 0.05) is 13.1 Å². The third-order valence-corrected chi connectivity index (χ3v) is 1.08. The smallest absolute Gasteiger partial charge is 0.395 e. The van der Waals surface area contributed by atoms with Gasteiger partial charge in [0.15, 0.2) is 0 Å². The minimum atomic E-state index is -4.64. The molecular weight excluding hydrogens is 251 g/mol. The highest BCUT2D eigenvalue weighted by atomic mass is 31.2. The zero-order valence-corrected chi connectivity index (χ0v) is 11.2. The fourth-order valence-electron chi connectivity index (χ4n) is 0.512. The Bertz CT molecular complexity index is 142. The first-order valence-electron chi connectivity index (χ1n) is 5.24. The largest absolute Gasteiger partial charge is 0.466 e. The van der Waals surface area contributed by atoms with E-state index in [1.54, 1.807) is 0 Å². The molecule has 8 nitrogen and oxygen atoms in total. The van der Waals surface area contributed by atoms with Crippen LogP contribution in [0.1, 0.15) is 13.8 Å². The van der Waals surface area contributed by atoms with Crippen LogP contribution in [0.4, 0.5) is 0 Å². The average Bonchev–Trinajstić information content (AvgIpc) is 2.22. The molecule has 9 heteroatoms. The molecule has 0 spiro atoms. The van der Waals surface area contributed by atoms with Crippen molar-refractivity contribution >= 4 is 7.82 Å². The van der Waals surface area contributed by atoms with E-state index < -0.39 is 7.82 Å². The summed E-state index contributed by atoms with van der Waals surface area (Å²) in [6.45, 7) is 7.83. The van der Waals surface area contributed by atoms with E-state index in [0.717, 1.165) is 26.2 Å². The summed E-state index contributed by atoms with van der Waals surface area (Å²) in [5.74, 6) is 0. The second-order valence-electron chi connectivity index (χ2n) is 2.67. The Balaban J connectivity index is -0.000000174. The van der Waals surface area contributed by atoms with Gasteiger partial charge in [-0.15, -0.1) is 0 Å². The van der Waals surface area contributed by atoms with Gasteiger partial charge in [0.2, 0.25) is 0 Å². The summed E-state index contributed by atoms with van der Waals surface area (Å²) < 4.78 is 8.88. The first-order chi connectivity index (χ1) is 7.83. The maximum absolute atomic E-state index is 8.88. The fraction of sp³-hybridized carbons (Fsp3) is 1.00. The Morgan fingerprint density at radius 2 is 1.12 bits per heavy atom. The van der Waals surface area contributed by atoms with Crippen molar-refractivity contribution in [3.05, 3.63) is 0 Å². The van der Waals surface area contributed by atoms with Crippen molar-refractivity contribution in [3.63, 3.8) is 0 Å². The van der Waals surface area contributed by atoms with Crippen molar-refractivity contribution in [3.8, 4) is 0 Å². The minimum absolute atomic E-state index is 0.244. The van der Waals surface area contributed by atoms with E-state index in [4.69, 9.17) is 29.5 Å². The van der Waals surface area contributed by atoms with Gasteiger partial charge < -0.3 is 35.5 Å². The molecule has 0 fully saturated rings. The molecule has 0 aromatic heterocycles. The van der Waals surface area contributed by atoms with Gasteiger partial charge in [-0.2, -0.15) is 0 Å². The summed E-state index contributed by atoms with van der Waals surface area (Å²) in [6.07, 6.45) is 0. The minimum Gasteiger partial charge on any atom is -0.395 e. The quantitative estimate of drug-likeness (QED) is 0.223. The topological polar surface area (TPSA) is 142 Å². The van der Waals surface area contributed by atoms with Crippen LogP contribution in [-0.2, 0) is 4.57 Å². The van der Waals surface area contributed by atoms with Crippen molar-refractivity contribution in [1.82, 2.24) is 10.6 Å². The zero-order valence-electron chi connectivity index (χ0n) is 10.3. The SMILES string of the molecule is CCNCCO.CCNCCO.O=P(O)(O)O. The van der Waals surface area contributed by atoms with Gasteiger partial charge in [0.25, 0.3) is 0 Å². The lowest BCUT2D eigenvalue weighted by Gasteiger charge is -1.91. The molecule has 7 N–H and O–H groups in total. The average molecular weight is 276 g/mol. The molecule has 0 saturated carbocycles. The van der Waals surface area contributed by atoms with Crippen LogP contribution in [0, 0.1) is 0 Å². The fourth-order valence-corrected chi connectivity index (χ4v) is 0.512. The molecule has 0 aliphatic carbocycles. The van der Waals surface area contributed by atoms with Crippen LogP contribution in [-0.4, -0.2) is 64.3 Å². The Labute approximate surface area is 102 Å². The second kappa shape index (κ2) is 18.3. The van der Waals surface area contributed by atoms with Gasteiger partial charge in [-0.25, -0.2) is 4.57 Å². The summed E-state index contributed by atoms with van der Waals surface area (Å²) in [6, 6.07) is 0. The zero-order chi connectivity index (χ0) is 14.2. The van der Waals surface area contributed by atoms with E-state index in [9.17, 15) is 0 Å². The first-order valence-corrected chi connectivity index (χ1v) is 6.81. The number of likely N-dealkylation sites (N-methyl/N-ethyl adjacent to an activating group) is 2. The lowest BCUT2D eigenvalue weighted by molar-refractivity contribution is 0.275. The van der Waals surface area contributed by atoms with Crippen molar-refractivity contribution in [2.75, 3.05) is 39.4 Å². The van der Waals surface area contributed by atoms with Crippen LogP contribution < -0.4 is 10.6 Å². The van der Waals surface area contributed by atoms with Gasteiger partial charge in [-0.05, 0) is 13.1 Å². The summed E-state index contributed by atoms with van der Waals surface area (Å²) in [4.78, 5) is 21.6. The van der Waals surface area contributed by atoms with Crippen LogP contribution in [0.15, 0.2) is 0 Å². The van der Waals surface area contributed by atoms with Gasteiger partial charge in [-0.3, -0.25) is 0 Å². The van der Waals surface area contributed by atoms with Crippen LogP contribution in [0.5, 0.6) is 0 Å². The van der Waals surface area contributed by atoms with E-state index in [2.05, 4.69) is 10.6 Å². The molecule has 0 aromatic carbocycles. The van der Waals surface area contributed by atoms with Gasteiger partial charge in [-0.1, -0.05) is 13.8 Å². The van der Waals surface area contributed by atoms with E-state index in [1.807, 2.05) is 13.8 Å². The molecule has 0 unspecified atom stereocenters.